The molecule has 0 spiro atoms. The number of thioether (sulfide) groups is 1. The highest BCUT2D eigenvalue weighted by atomic mass is 32.2. The number of benzene rings is 2. The molecule has 0 fully saturated rings. The summed E-state index contributed by atoms with van der Waals surface area (Å²) in [7, 11) is 1.49. The van der Waals surface area contributed by atoms with Gasteiger partial charge in [-0.25, -0.2) is 4.79 Å². The van der Waals surface area contributed by atoms with Crippen molar-refractivity contribution in [3.8, 4) is 23.3 Å². The highest BCUT2D eigenvalue weighted by Gasteiger charge is 2.35. The number of esters is 1. The quantitative estimate of drug-likeness (QED) is 0.298. The number of hydrogen-bond acceptors (Lipinski definition) is 9. The molecule has 1 aliphatic rings. The van der Waals surface area contributed by atoms with Gasteiger partial charge >= 0.3 is 5.97 Å². The van der Waals surface area contributed by atoms with E-state index in [2.05, 4.69) is 5.32 Å². The van der Waals surface area contributed by atoms with Crippen LogP contribution in [0.5, 0.6) is 17.2 Å². The van der Waals surface area contributed by atoms with Gasteiger partial charge in [0.1, 0.15) is 17.4 Å². The minimum atomic E-state index is -0.685. The lowest BCUT2D eigenvalue weighted by atomic mass is 10.1. The van der Waals surface area contributed by atoms with Crippen LogP contribution in [-0.4, -0.2) is 38.7 Å². The molecule has 0 saturated carbocycles. The fourth-order valence-corrected chi connectivity index (χ4v) is 4.15. The number of methoxy groups -OCH3 is 1. The number of Topliss-reactive ketones (excluding diaryl/α,β-unsaturated/α-hetero) is 1. The van der Waals surface area contributed by atoms with Crippen LogP contribution in [0.1, 0.15) is 19.4 Å². The number of allylic oxidation sites excluding steroid dienone is 1. The highest BCUT2D eigenvalue weighted by molar-refractivity contribution is 8.08. The number of carbonyl (C=O) groups excluding carboxylic acids is 2. The van der Waals surface area contributed by atoms with Gasteiger partial charge in [0.25, 0.3) is 0 Å². The first-order valence-electron chi connectivity index (χ1n) is 10.5. The summed E-state index contributed by atoms with van der Waals surface area (Å²) in [6, 6.07) is 14.2. The van der Waals surface area contributed by atoms with Gasteiger partial charge in [0, 0.05) is 5.69 Å². The summed E-state index contributed by atoms with van der Waals surface area (Å²) in [6.45, 7) is 4.18. The lowest BCUT2D eigenvalue weighted by molar-refractivity contribution is -0.139. The van der Waals surface area contributed by atoms with Gasteiger partial charge in [-0.15, -0.1) is 0 Å². The number of carbonyl (C=O) groups is 2. The topological polar surface area (TPSA) is 107 Å². The third kappa shape index (κ3) is 5.91. The van der Waals surface area contributed by atoms with E-state index in [0.717, 1.165) is 17.5 Å². The predicted molar refractivity (Wildman–Crippen MR) is 130 cm³/mol. The molecule has 0 amide bonds. The molecule has 2 aromatic rings. The normalized spacial score (nSPS) is 14.1. The van der Waals surface area contributed by atoms with Crippen molar-refractivity contribution in [2.24, 2.45) is 0 Å². The Labute approximate surface area is 202 Å². The second-order valence-electron chi connectivity index (χ2n) is 6.80. The second-order valence-corrected chi connectivity index (χ2v) is 7.86. The summed E-state index contributed by atoms with van der Waals surface area (Å²) in [6.07, 6.45) is 1.66. The van der Waals surface area contributed by atoms with Crippen LogP contribution in [0.4, 0.5) is 5.69 Å². The van der Waals surface area contributed by atoms with E-state index in [0.29, 0.717) is 39.3 Å². The van der Waals surface area contributed by atoms with E-state index in [-0.39, 0.29) is 18.8 Å². The highest BCUT2D eigenvalue weighted by Crippen LogP contribution is 2.41. The van der Waals surface area contributed by atoms with Crippen molar-refractivity contribution in [3.05, 3.63) is 63.5 Å². The van der Waals surface area contributed by atoms with Crippen molar-refractivity contribution >= 4 is 35.3 Å². The van der Waals surface area contributed by atoms with E-state index in [1.54, 1.807) is 55.5 Å². The average molecular weight is 481 g/mol. The molecule has 34 heavy (non-hydrogen) atoms. The van der Waals surface area contributed by atoms with Crippen LogP contribution in [0, 0.1) is 11.3 Å². The number of rotatable bonds is 10. The van der Waals surface area contributed by atoms with Crippen molar-refractivity contribution in [2.45, 2.75) is 13.8 Å². The minimum absolute atomic E-state index is 0.0482. The molecule has 1 aliphatic heterocycles. The second kappa shape index (κ2) is 11.8. The number of nitrogens with one attached hydrogen (secondary N) is 1. The maximum Gasteiger partial charge on any atom is 0.344 e. The van der Waals surface area contributed by atoms with Gasteiger partial charge in [0.2, 0.25) is 5.78 Å². The van der Waals surface area contributed by atoms with Crippen LogP contribution in [-0.2, 0) is 14.3 Å². The van der Waals surface area contributed by atoms with Crippen LogP contribution < -0.4 is 19.5 Å². The van der Waals surface area contributed by atoms with E-state index < -0.39 is 11.8 Å². The Morgan fingerprint density at radius 3 is 2.50 bits per heavy atom. The number of nitriles is 1. The molecular formula is C25H24N2O6S. The third-order valence-corrected chi connectivity index (χ3v) is 5.60. The van der Waals surface area contributed by atoms with Crippen molar-refractivity contribution in [2.75, 3.05) is 32.2 Å². The zero-order chi connectivity index (χ0) is 24.5. The summed E-state index contributed by atoms with van der Waals surface area (Å²) in [4.78, 5) is 26.1. The van der Waals surface area contributed by atoms with Gasteiger partial charge in [0.05, 0.1) is 30.3 Å². The summed E-state index contributed by atoms with van der Waals surface area (Å²) in [5.41, 5.74) is 1.32. The Morgan fingerprint density at radius 1 is 1.09 bits per heavy atom. The molecule has 0 unspecified atom stereocenters. The van der Waals surface area contributed by atoms with Crippen molar-refractivity contribution in [3.63, 3.8) is 0 Å². The standard InChI is InChI=1S/C25H24N2O6S/c1-4-31-18-9-7-17(8-10-18)27-24-22(25(29)32-5-2)23(28)21(34-24)15-16-6-11-19(33-13-12-26)20(14-16)30-3/h6-11,14-15,27H,4-5,13H2,1-3H3/b21-15-. The van der Waals surface area contributed by atoms with E-state index in [4.69, 9.17) is 24.2 Å². The number of ether oxygens (including phenoxy) is 4. The lowest BCUT2D eigenvalue weighted by Crippen LogP contribution is -2.16. The first kappa shape index (κ1) is 24.7. The third-order valence-electron chi connectivity index (χ3n) is 4.57. The summed E-state index contributed by atoms with van der Waals surface area (Å²) < 4.78 is 21.2. The van der Waals surface area contributed by atoms with Crippen LogP contribution >= 0.6 is 11.8 Å². The maximum atomic E-state index is 13.1. The minimum Gasteiger partial charge on any atom is -0.494 e. The molecule has 8 nitrogen and oxygen atoms in total. The number of hydrogen-bond donors (Lipinski definition) is 1. The van der Waals surface area contributed by atoms with Gasteiger partial charge in [-0.3, -0.25) is 4.79 Å². The maximum absolute atomic E-state index is 13.1. The van der Waals surface area contributed by atoms with E-state index in [9.17, 15) is 9.59 Å². The summed E-state index contributed by atoms with van der Waals surface area (Å²) in [5.74, 6) is 0.445. The largest absolute Gasteiger partial charge is 0.494 e. The Hall–Kier alpha value is -3.90. The molecule has 9 heteroatoms. The molecule has 2 aromatic carbocycles. The smallest absolute Gasteiger partial charge is 0.344 e. The zero-order valence-electron chi connectivity index (χ0n) is 19.0. The fourth-order valence-electron chi connectivity index (χ4n) is 3.09. The molecule has 0 aromatic heterocycles. The number of ketones is 1. The van der Waals surface area contributed by atoms with Crippen molar-refractivity contribution in [1.29, 1.82) is 5.26 Å². The Bertz CT molecular complexity index is 1160. The van der Waals surface area contributed by atoms with Gasteiger partial charge in [-0.05, 0) is 61.9 Å². The van der Waals surface area contributed by atoms with Crippen LogP contribution in [0.25, 0.3) is 6.08 Å². The van der Waals surface area contributed by atoms with Gasteiger partial charge in [-0.1, -0.05) is 17.8 Å². The van der Waals surface area contributed by atoms with Crippen molar-refractivity contribution in [1.82, 2.24) is 0 Å². The Balaban J connectivity index is 1.89. The summed E-state index contributed by atoms with van der Waals surface area (Å²) in [5, 5.41) is 12.3. The first-order chi connectivity index (χ1) is 16.5. The molecule has 0 aliphatic carbocycles. The molecule has 0 radical (unpaired) electrons. The lowest BCUT2D eigenvalue weighted by Gasteiger charge is -2.10. The molecule has 0 bridgehead atoms. The van der Waals surface area contributed by atoms with Gasteiger partial charge in [0.15, 0.2) is 18.1 Å². The van der Waals surface area contributed by atoms with E-state index >= 15 is 0 Å². The Morgan fingerprint density at radius 2 is 1.85 bits per heavy atom. The Kier molecular flexibility index (Phi) is 8.60. The summed E-state index contributed by atoms with van der Waals surface area (Å²) >= 11 is 1.15. The molecular weight excluding hydrogens is 456 g/mol. The molecule has 1 N–H and O–H groups in total. The van der Waals surface area contributed by atoms with E-state index in [1.165, 1.54) is 7.11 Å². The molecule has 0 saturated heterocycles. The van der Waals surface area contributed by atoms with Crippen molar-refractivity contribution < 1.29 is 28.5 Å². The average Bonchev–Trinajstić information content (AvgIpc) is 3.14. The number of anilines is 1. The zero-order valence-corrected chi connectivity index (χ0v) is 19.9. The number of nitrogens with zero attached hydrogens (tertiary/aromatic N) is 1. The molecule has 176 valence electrons. The molecule has 0 atom stereocenters. The molecule has 3 rings (SSSR count). The monoisotopic (exact) mass is 480 g/mol. The van der Waals surface area contributed by atoms with Crippen LogP contribution in [0.15, 0.2) is 58.0 Å². The van der Waals surface area contributed by atoms with Crippen LogP contribution in [0.2, 0.25) is 0 Å². The predicted octanol–water partition coefficient (Wildman–Crippen LogP) is 4.54. The SMILES string of the molecule is CCOC(=O)C1=C(Nc2ccc(OCC)cc2)S/C(=C\c2ccc(OCC#N)c(OC)c2)C1=O. The molecule has 1 heterocycles. The van der Waals surface area contributed by atoms with E-state index in [1.807, 2.05) is 13.0 Å². The van der Waals surface area contributed by atoms with Crippen LogP contribution in [0.3, 0.4) is 0 Å². The van der Waals surface area contributed by atoms with Gasteiger partial charge in [-0.2, -0.15) is 5.26 Å². The van der Waals surface area contributed by atoms with Gasteiger partial charge < -0.3 is 24.3 Å². The first-order valence-corrected chi connectivity index (χ1v) is 11.4. The fraction of sp³-hybridized carbons (Fsp3) is 0.240.